The zero-order valence-corrected chi connectivity index (χ0v) is 15.6. The largest absolute Gasteiger partial charge is 0.359 e. The number of carbonyl (C=O) groups is 1. The molecule has 1 unspecified atom stereocenters. The van der Waals surface area contributed by atoms with Crippen LogP contribution in [0.1, 0.15) is 46.8 Å². The monoisotopic (exact) mass is 364 g/mol. The van der Waals surface area contributed by atoms with Crippen LogP contribution in [0.2, 0.25) is 0 Å². The van der Waals surface area contributed by atoms with Crippen LogP contribution in [0.3, 0.4) is 0 Å². The Morgan fingerprint density at radius 2 is 2.00 bits per heavy atom. The first-order valence-electron chi connectivity index (χ1n) is 9.04. The third-order valence-electron chi connectivity index (χ3n) is 4.31. The number of hydrogen-bond donors (Lipinski definition) is 1. The summed E-state index contributed by atoms with van der Waals surface area (Å²) >= 11 is 0. The third kappa shape index (κ3) is 5.24. The van der Waals surface area contributed by atoms with Gasteiger partial charge in [-0.05, 0) is 30.7 Å². The molecule has 140 valence electrons. The predicted octanol–water partition coefficient (Wildman–Crippen LogP) is 3.58. The molecule has 0 radical (unpaired) electrons. The van der Waals surface area contributed by atoms with Crippen molar-refractivity contribution in [3.63, 3.8) is 0 Å². The number of aromatic nitrogens is 2. The molecule has 6 nitrogen and oxygen atoms in total. The normalized spacial score (nSPS) is 12.1. The molecular weight excluding hydrogens is 340 g/mol. The van der Waals surface area contributed by atoms with Gasteiger partial charge in [-0.25, -0.2) is 0 Å². The van der Waals surface area contributed by atoms with Crippen molar-refractivity contribution in [2.75, 3.05) is 7.05 Å². The number of amides is 1. The van der Waals surface area contributed by atoms with Gasteiger partial charge in [0.25, 0.3) is 5.91 Å². The Balaban J connectivity index is 1.58. The van der Waals surface area contributed by atoms with E-state index < -0.39 is 0 Å². The highest BCUT2D eigenvalue weighted by atomic mass is 16.5. The second-order valence-corrected chi connectivity index (χ2v) is 6.56. The molecule has 0 bridgehead atoms. The summed E-state index contributed by atoms with van der Waals surface area (Å²) in [6.45, 7) is 3.39. The van der Waals surface area contributed by atoms with E-state index in [1.807, 2.05) is 44.3 Å². The van der Waals surface area contributed by atoms with E-state index in [1.165, 1.54) is 5.56 Å². The SMILES string of the molecule is CCC(NC(=O)c1cc(CN(C)Cc2ccccc2)on1)c1cccnc1. The Morgan fingerprint density at radius 3 is 2.70 bits per heavy atom. The molecule has 0 fully saturated rings. The molecule has 1 aromatic carbocycles. The molecule has 3 aromatic rings. The maximum absolute atomic E-state index is 12.5. The fraction of sp³-hybridized carbons (Fsp3) is 0.286. The Labute approximate surface area is 159 Å². The zero-order chi connectivity index (χ0) is 19.1. The molecule has 0 aliphatic rings. The Morgan fingerprint density at radius 1 is 1.19 bits per heavy atom. The summed E-state index contributed by atoms with van der Waals surface area (Å²) in [7, 11) is 2.00. The lowest BCUT2D eigenvalue weighted by molar-refractivity contribution is 0.0926. The van der Waals surface area contributed by atoms with Gasteiger partial charge in [-0.3, -0.25) is 14.7 Å². The highest BCUT2D eigenvalue weighted by molar-refractivity contribution is 5.92. The molecule has 27 heavy (non-hydrogen) atoms. The van der Waals surface area contributed by atoms with Gasteiger partial charge in [-0.1, -0.05) is 48.5 Å². The van der Waals surface area contributed by atoms with E-state index in [9.17, 15) is 4.79 Å². The molecule has 0 spiro atoms. The number of nitrogens with zero attached hydrogens (tertiary/aromatic N) is 3. The summed E-state index contributed by atoms with van der Waals surface area (Å²) in [6, 6.07) is 15.6. The lowest BCUT2D eigenvalue weighted by Gasteiger charge is -2.16. The minimum atomic E-state index is -0.244. The average molecular weight is 364 g/mol. The lowest BCUT2D eigenvalue weighted by Crippen LogP contribution is -2.28. The van der Waals surface area contributed by atoms with Gasteiger partial charge in [-0.15, -0.1) is 0 Å². The van der Waals surface area contributed by atoms with Gasteiger partial charge in [0.05, 0.1) is 12.6 Å². The van der Waals surface area contributed by atoms with Crippen LogP contribution in [0.25, 0.3) is 0 Å². The fourth-order valence-electron chi connectivity index (χ4n) is 2.95. The van der Waals surface area contributed by atoms with Gasteiger partial charge >= 0.3 is 0 Å². The first-order chi connectivity index (χ1) is 13.2. The van der Waals surface area contributed by atoms with Gasteiger partial charge in [-0.2, -0.15) is 0 Å². The van der Waals surface area contributed by atoms with E-state index in [0.29, 0.717) is 18.0 Å². The molecule has 1 atom stereocenters. The summed E-state index contributed by atoms with van der Waals surface area (Å²) in [5.41, 5.74) is 2.49. The third-order valence-corrected chi connectivity index (χ3v) is 4.31. The van der Waals surface area contributed by atoms with Crippen molar-refractivity contribution < 1.29 is 9.32 Å². The van der Waals surface area contributed by atoms with Crippen molar-refractivity contribution >= 4 is 5.91 Å². The van der Waals surface area contributed by atoms with E-state index in [4.69, 9.17) is 4.52 Å². The van der Waals surface area contributed by atoms with Gasteiger partial charge in [0.1, 0.15) is 0 Å². The standard InChI is InChI=1S/C21H24N4O2/c1-3-19(17-10-7-11-22-13-17)23-21(26)20-12-18(27-24-20)15-25(2)14-16-8-5-4-6-9-16/h4-13,19H,3,14-15H2,1-2H3,(H,23,26). The summed E-state index contributed by atoms with van der Waals surface area (Å²) < 4.78 is 5.35. The zero-order valence-electron chi connectivity index (χ0n) is 15.6. The van der Waals surface area contributed by atoms with Crippen LogP contribution in [-0.2, 0) is 13.1 Å². The number of carbonyl (C=O) groups excluding carboxylic acids is 1. The Bertz CT molecular complexity index is 849. The number of rotatable bonds is 8. The van der Waals surface area contributed by atoms with Crippen molar-refractivity contribution in [1.29, 1.82) is 0 Å². The number of pyridine rings is 1. The van der Waals surface area contributed by atoms with Crippen LogP contribution in [0.15, 0.2) is 65.4 Å². The summed E-state index contributed by atoms with van der Waals surface area (Å²) in [5, 5.41) is 6.92. The summed E-state index contributed by atoms with van der Waals surface area (Å²) in [4.78, 5) is 18.7. The lowest BCUT2D eigenvalue weighted by atomic mass is 10.1. The minimum absolute atomic E-state index is 0.105. The highest BCUT2D eigenvalue weighted by Crippen LogP contribution is 2.16. The average Bonchev–Trinajstić information content (AvgIpc) is 3.16. The van der Waals surface area contributed by atoms with Gasteiger partial charge in [0.2, 0.25) is 0 Å². The number of hydrogen-bond acceptors (Lipinski definition) is 5. The Hall–Kier alpha value is -2.99. The second kappa shape index (κ2) is 9.09. The second-order valence-electron chi connectivity index (χ2n) is 6.56. The Kier molecular flexibility index (Phi) is 6.33. The van der Waals surface area contributed by atoms with E-state index in [0.717, 1.165) is 18.5 Å². The first-order valence-corrected chi connectivity index (χ1v) is 9.04. The summed E-state index contributed by atoms with van der Waals surface area (Å²) in [6.07, 6.45) is 4.25. The molecule has 1 amide bonds. The van der Waals surface area contributed by atoms with Crippen molar-refractivity contribution in [3.05, 3.63) is 83.5 Å². The maximum Gasteiger partial charge on any atom is 0.273 e. The van der Waals surface area contributed by atoms with Crippen LogP contribution in [0.4, 0.5) is 0 Å². The van der Waals surface area contributed by atoms with E-state index >= 15 is 0 Å². The smallest absolute Gasteiger partial charge is 0.273 e. The van der Waals surface area contributed by atoms with Crippen molar-refractivity contribution in [3.8, 4) is 0 Å². The van der Waals surface area contributed by atoms with Crippen LogP contribution in [0, 0.1) is 0 Å². The van der Waals surface area contributed by atoms with Gasteiger partial charge < -0.3 is 9.84 Å². The molecule has 3 rings (SSSR count). The van der Waals surface area contributed by atoms with Crippen molar-refractivity contribution in [2.45, 2.75) is 32.5 Å². The molecule has 2 aromatic heterocycles. The van der Waals surface area contributed by atoms with Crippen LogP contribution in [-0.4, -0.2) is 28.0 Å². The molecule has 0 aliphatic heterocycles. The minimum Gasteiger partial charge on any atom is -0.359 e. The van der Waals surface area contributed by atoms with Crippen molar-refractivity contribution in [1.82, 2.24) is 20.4 Å². The molecule has 0 aliphatic carbocycles. The van der Waals surface area contributed by atoms with Crippen molar-refractivity contribution in [2.24, 2.45) is 0 Å². The molecule has 0 saturated carbocycles. The fourth-order valence-corrected chi connectivity index (χ4v) is 2.95. The van der Waals surface area contributed by atoms with E-state index in [1.54, 1.807) is 18.5 Å². The number of benzene rings is 1. The van der Waals surface area contributed by atoms with E-state index in [2.05, 4.69) is 32.5 Å². The number of nitrogens with one attached hydrogen (secondary N) is 1. The van der Waals surface area contributed by atoms with Gasteiger partial charge in [0, 0.05) is 25.0 Å². The predicted molar refractivity (Wildman–Crippen MR) is 103 cm³/mol. The van der Waals surface area contributed by atoms with Crippen LogP contribution in [0.5, 0.6) is 0 Å². The maximum atomic E-state index is 12.5. The molecule has 6 heteroatoms. The topological polar surface area (TPSA) is 71.3 Å². The molecule has 0 saturated heterocycles. The summed E-state index contributed by atoms with van der Waals surface area (Å²) in [5.74, 6) is 0.416. The quantitative estimate of drug-likeness (QED) is 0.661. The van der Waals surface area contributed by atoms with Gasteiger partial charge in [0.15, 0.2) is 11.5 Å². The molecular formula is C21H24N4O2. The molecule has 2 heterocycles. The van der Waals surface area contributed by atoms with E-state index in [-0.39, 0.29) is 11.9 Å². The first kappa shape index (κ1) is 18.8. The van der Waals surface area contributed by atoms with Crippen LogP contribution < -0.4 is 5.32 Å². The highest BCUT2D eigenvalue weighted by Gasteiger charge is 2.18. The molecule has 1 N–H and O–H groups in total. The van der Waals surface area contributed by atoms with Crippen LogP contribution >= 0.6 is 0 Å².